The van der Waals surface area contributed by atoms with Gasteiger partial charge in [-0.2, -0.15) is 0 Å². The van der Waals surface area contributed by atoms with Crippen molar-refractivity contribution >= 4 is 5.97 Å². The molecule has 0 aliphatic heterocycles. The van der Waals surface area contributed by atoms with Crippen molar-refractivity contribution in [1.29, 1.82) is 0 Å². The van der Waals surface area contributed by atoms with E-state index in [-0.39, 0.29) is 12.2 Å². The molecular formula is C8H9FN2O3. The Bertz CT molecular complexity index is 387. The fourth-order valence-electron chi connectivity index (χ4n) is 0.893. The first-order valence-electron chi connectivity index (χ1n) is 3.90. The summed E-state index contributed by atoms with van der Waals surface area (Å²) in [6.45, 7) is 1.79. The van der Waals surface area contributed by atoms with E-state index < -0.39 is 17.3 Å². The Balaban J connectivity index is 3.13. The van der Waals surface area contributed by atoms with Crippen molar-refractivity contribution in [3.63, 3.8) is 0 Å². The molecule has 1 aromatic heterocycles. The fraction of sp³-hybridized carbons (Fsp3) is 0.250. The second kappa shape index (κ2) is 3.91. The Labute approximate surface area is 78.9 Å². The van der Waals surface area contributed by atoms with Crippen molar-refractivity contribution in [3.8, 4) is 0 Å². The Kier molecular flexibility index (Phi) is 2.85. The predicted molar refractivity (Wildman–Crippen MR) is 46.8 cm³/mol. The van der Waals surface area contributed by atoms with Gasteiger partial charge in [0.2, 0.25) is 0 Å². The van der Waals surface area contributed by atoms with Crippen LogP contribution in [0.3, 0.4) is 0 Å². The molecule has 1 heterocycles. The third-order valence-corrected chi connectivity index (χ3v) is 1.51. The maximum Gasteiger partial charge on any atom is 0.339 e. The smallest absolute Gasteiger partial charge is 0.339 e. The molecule has 1 aromatic rings. The van der Waals surface area contributed by atoms with Gasteiger partial charge in [-0.05, 0) is 13.0 Å². The van der Waals surface area contributed by atoms with Crippen molar-refractivity contribution < 1.29 is 13.9 Å². The summed E-state index contributed by atoms with van der Waals surface area (Å²) in [7, 11) is 0. The minimum absolute atomic E-state index is 0.0912. The molecule has 6 heteroatoms. The number of rotatable bonds is 2. The van der Waals surface area contributed by atoms with Gasteiger partial charge in [-0.1, -0.05) is 0 Å². The number of hydrogen-bond donors (Lipinski definition) is 1. The van der Waals surface area contributed by atoms with E-state index in [1.807, 2.05) is 0 Å². The molecule has 0 unspecified atom stereocenters. The zero-order valence-electron chi connectivity index (χ0n) is 7.49. The molecule has 0 aliphatic carbocycles. The van der Waals surface area contributed by atoms with Crippen LogP contribution in [0.15, 0.2) is 17.1 Å². The summed E-state index contributed by atoms with van der Waals surface area (Å²) in [6, 6.07) is 0.795. The van der Waals surface area contributed by atoms with Gasteiger partial charge in [-0.25, -0.2) is 13.9 Å². The summed E-state index contributed by atoms with van der Waals surface area (Å²) in [4.78, 5) is 21.9. The summed E-state index contributed by atoms with van der Waals surface area (Å²) in [5, 5.41) is 0. The lowest BCUT2D eigenvalue weighted by Gasteiger charge is -2.03. The van der Waals surface area contributed by atoms with E-state index in [4.69, 9.17) is 5.84 Å². The van der Waals surface area contributed by atoms with Crippen LogP contribution in [0.25, 0.3) is 0 Å². The molecule has 0 atom stereocenters. The van der Waals surface area contributed by atoms with Crippen LogP contribution in [0.4, 0.5) is 4.39 Å². The van der Waals surface area contributed by atoms with Crippen molar-refractivity contribution in [3.05, 3.63) is 34.0 Å². The van der Waals surface area contributed by atoms with Gasteiger partial charge in [0.15, 0.2) is 5.82 Å². The number of nitrogen functional groups attached to an aromatic ring is 1. The third-order valence-electron chi connectivity index (χ3n) is 1.51. The second-order valence-electron chi connectivity index (χ2n) is 2.51. The highest BCUT2D eigenvalue weighted by molar-refractivity contribution is 5.88. The standard InChI is InChI=1S/C8H9FN2O3/c1-2-14-8(13)5-3-6(9)7(12)11(10)4-5/h3-4H,2,10H2,1H3. The first-order valence-corrected chi connectivity index (χ1v) is 3.90. The minimum Gasteiger partial charge on any atom is -0.462 e. The lowest BCUT2D eigenvalue weighted by Crippen LogP contribution is -2.30. The van der Waals surface area contributed by atoms with Gasteiger partial charge in [0.25, 0.3) is 0 Å². The van der Waals surface area contributed by atoms with E-state index in [1.165, 1.54) is 0 Å². The number of pyridine rings is 1. The third kappa shape index (κ3) is 1.90. The molecule has 1 rings (SSSR count). The molecule has 0 bridgehead atoms. The maximum atomic E-state index is 12.8. The molecule has 0 aliphatic rings. The lowest BCUT2D eigenvalue weighted by atomic mass is 10.3. The van der Waals surface area contributed by atoms with E-state index >= 15 is 0 Å². The summed E-state index contributed by atoms with van der Waals surface area (Å²) < 4.78 is 17.9. The molecule has 0 spiro atoms. The lowest BCUT2D eigenvalue weighted by molar-refractivity contribution is 0.0524. The van der Waals surface area contributed by atoms with Crippen LogP contribution in [0.1, 0.15) is 17.3 Å². The van der Waals surface area contributed by atoms with Gasteiger partial charge in [0, 0.05) is 6.20 Å². The minimum atomic E-state index is -1.09. The highest BCUT2D eigenvalue weighted by Gasteiger charge is 2.11. The molecule has 0 amide bonds. The van der Waals surface area contributed by atoms with Crippen LogP contribution < -0.4 is 11.4 Å². The number of carbonyl (C=O) groups is 1. The number of esters is 1. The Morgan fingerprint density at radius 3 is 2.86 bits per heavy atom. The summed E-state index contributed by atoms with van der Waals surface area (Å²) in [5.41, 5.74) is -1.08. The van der Waals surface area contributed by atoms with Crippen LogP contribution in [-0.4, -0.2) is 17.3 Å². The molecular weight excluding hydrogens is 191 g/mol. The summed E-state index contributed by atoms with van der Waals surface area (Å²) in [5.74, 6) is 3.31. The SMILES string of the molecule is CCOC(=O)c1cc(F)c(=O)n(N)c1. The van der Waals surface area contributed by atoms with Crippen molar-refractivity contribution in [2.75, 3.05) is 12.4 Å². The van der Waals surface area contributed by atoms with Gasteiger partial charge in [0.1, 0.15) is 0 Å². The van der Waals surface area contributed by atoms with Crippen LogP contribution in [-0.2, 0) is 4.74 Å². The zero-order valence-corrected chi connectivity index (χ0v) is 7.49. The second-order valence-corrected chi connectivity index (χ2v) is 2.51. The van der Waals surface area contributed by atoms with Gasteiger partial charge in [-0.15, -0.1) is 0 Å². The number of nitrogens with two attached hydrogens (primary N) is 1. The molecule has 0 saturated carbocycles. The van der Waals surface area contributed by atoms with Crippen LogP contribution in [0, 0.1) is 5.82 Å². The molecule has 5 nitrogen and oxygen atoms in total. The Hall–Kier alpha value is -1.85. The van der Waals surface area contributed by atoms with Gasteiger partial charge in [-0.3, -0.25) is 4.79 Å². The average molecular weight is 200 g/mol. The fourth-order valence-corrected chi connectivity index (χ4v) is 0.893. The van der Waals surface area contributed by atoms with Gasteiger partial charge < -0.3 is 10.6 Å². The normalized spacial score (nSPS) is 9.86. The Morgan fingerprint density at radius 1 is 1.71 bits per heavy atom. The highest BCUT2D eigenvalue weighted by Crippen LogP contribution is 2.00. The van der Waals surface area contributed by atoms with E-state index in [1.54, 1.807) is 6.92 Å². The first-order chi connectivity index (χ1) is 6.56. The van der Waals surface area contributed by atoms with Gasteiger partial charge in [0.05, 0.1) is 12.2 Å². The Morgan fingerprint density at radius 2 is 2.36 bits per heavy atom. The first kappa shape index (κ1) is 10.2. The molecule has 0 aromatic carbocycles. The van der Waals surface area contributed by atoms with Crippen LogP contribution in [0.2, 0.25) is 0 Å². The van der Waals surface area contributed by atoms with E-state index in [0.717, 1.165) is 12.3 Å². The average Bonchev–Trinajstić information content (AvgIpc) is 2.13. The maximum absolute atomic E-state index is 12.8. The van der Waals surface area contributed by atoms with Crippen LogP contribution in [0.5, 0.6) is 0 Å². The topological polar surface area (TPSA) is 74.3 Å². The number of nitrogens with zero attached hydrogens (tertiary/aromatic N) is 1. The van der Waals surface area contributed by atoms with E-state index in [2.05, 4.69) is 4.74 Å². The largest absolute Gasteiger partial charge is 0.462 e. The van der Waals surface area contributed by atoms with Crippen molar-refractivity contribution in [2.24, 2.45) is 0 Å². The van der Waals surface area contributed by atoms with Crippen molar-refractivity contribution in [2.45, 2.75) is 6.92 Å². The molecule has 0 saturated heterocycles. The number of halogens is 1. The summed E-state index contributed by atoms with van der Waals surface area (Å²) in [6.07, 6.45) is 1.02. The molecule has 14 heavy (non-hydrogen) atoms. The molecule has 76 valence electrons. The van der Waals surface area contributed by atoms with Crippen molar-refractivity contribution in [1.82, 2.24) is 4.68 Å². The molecule has 0 radical (unpaired) electrons. The monoisotopic (exact) mass is 200 g/mol. The van der Waals surface area contributed by atoms with Gasteiger partial charge >= 0.3 is 11.5 Å². The summed E-state index contributed by atoms with van der Waals surface area (Å²) >= 11 is 0. The number of ether oxygens (including phenoxy) is 1. The number of hydrogen-bond acceptors (Lipinski definition) is 4. The zero-order chi connectivity index (χ0) is 10.7. The quantitative estimate of drug-likeness (QED) is 0.533. The molecule has 0 fully saturated rings. The van der Waals surface area contributed by atoms with E-state index in [9.17, 15) is 14.0 Å². The number of carbonyl (C=O) groups excluding carboxylic acids is 1. The highest BCUT2D eigenvalue weighted by atomic mass is 19.1. The number of aromatic nitrogens is 1. The predicted octanol–water partition coefficient (Wildman–Crippen LogP) is -0.122. The van der Waals surface area contributed by atoms with Crippen LogP contribution >= 0.6 is 0 Å². The van der Waals surface area contributed by atoms with E-state index in [0.29, 0.717) is 4.68 Å². The molecule has 2 N–H and O–H groups in total.